The molecular weight excluding hydrogens is 238 g/mol. The molecule has 1 aromatic carbocycles. The van der Waals surface area contributed by atoms with Crippen molar-refractivity contribution in [1.29, 1.82) is 0 Å². The first-order valence-corrected chi connectivity index (χ1v) is 5.57. The van der Waals surface area contributed by atoms with Gasteiger partial charge in [-0.15, -0.1) is 0 Å². The Hall–Kier alpha value is -2.24. The molecule has 0 radical (unpaired) electrons. The summed E-state index contributed by atoms with van der Waals surface area (Å²) in [6.45, 7) is 0.165. The summed E-state index contributed by atoms with van der Waals surface area (Å²) in [5.74, 6) is -0.744. The number of fused-ring (bicyclic) bond motifs is 1. The van der Waals surface area contributed by atoms with Crippen molar-refractivity contribution < 1.29 is 24.2 Å². The van der Waals surface area contributed by atoms with Gasteiger partial charge >= 0.3 is 5.97 Å². The number of amides is 1. The molecule has 2 atom stereocenters. The fourth-order valence-corrected chi connectivity index (χ4v) is 2.30. The minimum atomic E-state index is -0.976. The highest BCUT2D eigenvalue weighted by Crippen LogP contribution is 2.37. The van der Waals surface area contributed by atoms with Crippen LogP contribution in [0.3, 0.4) is 0 Å². The van der Waals surface area contributed by atoms with Crippen molar-refractivity contribution in [1.82, 2.24) is 5.32 Å². The molecule has 2 heterocycles. The lowest BCUT2D eigenvalue weighted by atomic mass is 9.94. The number of carboxylic acids is 1. The van der Waals surface area contributed by atoms with Gasteiger partial charge in [-0.3, -0.25) is 9.59 Å². The Morgan fingerprint density at radius 3 is 2.89 bits per heavy atom. The van der Waals surface area contributed by atoms with E-state index in [2.05, 4.69) is 5.32 Å². The summed E-state index contributed by atoms with van der Waals surface area (Å²) in [7, 11) is 0. The van der Waals surface area contributed by atoms with Gasteiger partial charge in [0.1, 0.15) is 0 Å². The molecule has 0 aromatic heterocycles. The predicted molar refractivity (Wildman–Crippen MR) is 59.2 cm³/mol. The fraction of sp³-hybridized carbons (Fsp3) is 0.333. The summed E-state index contributed by atoms with van der Waals surface area (Å²) in [6.07, 6.45) is 0.00837. The molecule has 6 heteroatoms. The smallest absolute Gasteiger partial charge is 0.309 e. The normalized spacial score (nSPS) is 25.0. The first kappa shape index (κ1) is 10.9. The minimum Gasteiger partial charge on any atom is -0.481 e. The molecule has 2 aliphatic rings. The lowest BCUT2D eigenvalue weighted by Crippen LogP contribution is -2.24. The van der Waals surface area contributed by atoms with Gasteiger partial charge in [0.2, 0.25) is 12.7 Å². The van der Waals surface area contributed by atoms with Crippen molar-refractivity contribution in [3.63, 3.8) is 0 Å². The monoisotopic (exact) mass is 249 g/mol. The van der Waals surface area contributed by atoms with E-state index in [4.69, 9.17) is 14.6 Å². The predicted octanol–water partition coefficient (Wildman–Crippen LogP) is 0.677. The SMILES string of the molecule is O=C1C[C@H](C(=O)O)[C@@H](c2ccc3c(c2)OCO3)N1. The number of hydrogen-bond acceptors (Lipinski definition) is 4. The second-order valence-corrected chi connectivity index (χ2v) is 4.31. The van der Waals surface area contributed by atoms with E-state index < -0.39 is 17.9 Å². The third-order valence-corrected chi connectivity index (χ3v) is 3.20. The molecule has 2 aliphatic heterocycles. The van der Waals surface area contributed by atoms with Gasteiger partial charge in [0, 0.05) is 6.42 Å². The number of hydrogen-bond donors (Lipinski definition) is 2. The van der Waals surface area contributed by atoms with E-state index in [-0.39, 0.29) is 19.1 Å². The molecule has 6 nitrogen and oxygen atoms in total. The van der Waals surface area contributed by atoms with Crippen molar-refractivity contribution in [3.05, 3.63) is 23.8 Å². The third kappa shape index (κ3) is 1.66. The number of aliphatic carboxylic acids is 1. The molecular formula is C12H11NO5. The fourth-order valence-electron chi connectivity index (χ4n) is 2.30. The van der Waals surface area contributed by atoms with E-state index in [9.17, 15) is 9.59 Å². The van der Waals surface area contributed by atoms with Gasteiger partial charge in [-0.25, -0.2) is 0 Å². The second kappa shape index (κ2) is 3.90. The van der Waals surface area contributed by atoms with Crippen LogP contribution < -0.4 is 14.8 Å². The zero-order valence-electron chi connectivity index (χ0n) is 9.38. The number of rotatable bonds is 2. The Balaban J connectivity index is 1.94. The summed E-state index contributed by atoms with van der Waals surface area (Å²) in [5.41, 5.74) is 0.720. The van der Waals surface area contributed by atoms with E-state index in [0.717, 1.165) is 5.56 Å². The standard InChI is InChI=1S/C12H11NO5/c14-10-4-7(12(15)16)11(13-10)6-1-2-8-9(3-6)18-5-17-8/h1-3,7,11H,4-5H2,(H,13,14)(H,15,16)/t7-,11+/m0/s1. The molecule has 1 aromatic rings. The van der Waals surface area contributed by atoms with E-state index in [1.54, 1.807) is 18.2 Å². The van der Waals surface area contributed by atoms with Crippen molar-refractivity contribution in [2.45, 2.75) is 12.5 Å². The number of carboxylic acid groups (broad SMARTS) is 1. The van der Waals surface area contributed by atoms with Crippen LogP contribution in [0.15, 0.2) is 18.2 Å². The number of carbonyl (C=O) groups excluding carboxylic acids is 1. The van der Waals surface area contributed by atoms with Crippen LogP contribution in [-0.4, -0.2) is 23.8 Å². The Morgan fingerprint density at radius 1 is 1.33 bits per heavy atom. The molecule has 0 aliphatic carbocycles. The Labute approximate surface area is 103 Å². The molecule has 3 rings (SSSR count). The molecule has 1 saturated heterocycles. The summed E-state index contributed by atoms with van der Waals surface area (Å²) >= 11 is 0. The first-order valence-electron chi connectivity index (χ1n) is 5.57. The Bertz CT molecular complexity index is 527. The van der Waals surface area contributed by atoms with Crippen LogP contribution in [0.2, 0.25) is 0 Å². The van der Waals surface area contributed by atoms with Gasteiger partial charge in [0.05, 0.1) is 12.0 Å². The van der Waals surface area contributed by atoms with Crippen LogP contribution in [0.5, 0.6) is 11.5 Å². The van der Waals surface area contributed by atoms with Crippen molar-refractivity contribution in [2.24, 2.45) is 5.92 Å². The summed E-state index contributed by atoms with van der Waals surface area (Å²) in [4.78, 5) is 22.5. The average Bonchev–Trinajstić information content (AvgIpc) is 2.93. The molecule has 94 valence electrons. The third-order valence-electron chi connectivity index (χ3n) is 3.20. The Kier molecular flexibility index (Phi) is 2.36. The molecule has 0 unspecified atom stereocenters. The topological polar surface area (TPSA) is 84.9 Å². The zero-order chi connectivity index (χ0) is 12.7. The maximum Gasteiger partial charge on any atom is 0.309 e. The van der Waals surface area contributed by atoms with Crippen molar-refractivity contribution in [3.8, 4) is 11.5 Å². The van der Waals surface area contributed by atoms with Crippen LogP contribution in [-0.2, 0) is 9.59 Å². The molecule has 1 fully saturated rings. The largest absolute Gasteiger partial charge is 0.481 e. The van der Waals surface area contributed by atoms with Gasteiger partial charge in [-0.1, -0.05) is 6.07 Å². The number of ether oxygens (including phenoxy) is 2. The number of carbonyl (C=O) groups is 2. The van der Waals surface area contributed by atoms with Crippen molar-refractivity contribution >= 4 is 11.9 Å². The molecule has 0 spiro atoms. The quantitative estimate of drug-likeness (QED) is 0.805. The van der Waals surface area contributed by atoms with Gasteiger partial charge in [0.25, 0.3) is 0 Å². The zero-order valence-corrected chi connectivity index (χ0v) is 9.38. The van der Waals surface area contributed by atoms with Crippen LogP contribution in [0.25, 0.3) is 0 Å². The number of benzene rings is 1. The Morgan fingerprint density at radius 2 is 2.11 bits per heavy atom. The lowest BCUT2D eigenvalue weighted by molar-refractivity contribution is -0.142. The minimum absolute atomic E-state index is 0.00837. The molecule has 0 bridgehead atoms. The molecule has 1 amide bonds. The average molecular weight is 249 g/mol. The summed E-state index contributed by atoms with van der Waals surface area (Å²) in [5, 5.41) is 11.8. The molecule has 18 heavy (non-hydrogen) atoms. The lowest BCUT2D eigenvalue weighted by Gasteiger charge is -2.16. The van der Waals surface area contributed by atoms with Gasteiger partial charge in [-0.2, -0.15) is 0 Å². The first-order chi connectivity index (χ1) is 8.65. The van der Waals surface area contributed by atoms with E-state index in [1.165, 1.54) is 0 Å². The highest BCUT2D eigenvalue weighted by molar-refractivity contribution is 5.87. The van der Waals surface area contributed by atoms with E-state index >= 15 is 0 Å². The van der Waals surface area contributed by atoms with Crippen LogP contribution >= 0.6 is 0 Å². The van der Waals surface area contributed by atoms with E-state index in [1.807, 2.05) is 0 Å². The highest BCUT2D eigenvalue weighted by atomic mass is 16.7. The highest BCUT2D eigenvalue weighted by Gasteiger charge is 2.38. The van der Waals surface area contributed by atoms with E-state index in [0.29, 0.717) is 11.5 Å². The molecule has 0 saturated carbocycles. The second-order valence-electron chi connectivity index (χ2n) is 4.31. The van der Waals surface area contributed by atoms with Crippen LogP contribution in [0.1, 0.15) is 18.0 Å². The maximum atomic E-state index is 11.3. The number of nitrogens with one attached hydrogen (secondary N) is 1. The molecule has 2 N–H and O–H groups in total. The van der Waals surface area contributed by atoms with Crippen molar-refractivity contribution in [2.75, 3.05) is 6.79 Å². The summed E-state index contributed by atoms with van der Waals surface area (Å²) < 4.78 is 10.4. The maximum absolute atomic E-state index is 11.3. The van der Waals surface area contributed by atoms with Crippen LogP contribution in [0.4, 0.5) is 0 Å². The van der Waals surface area contributed by atoms with Gasteiger partial charge in [0.15, 0.2) is 11.5 Å². The van der Waals surface area contributed by atoms with Crippen LogP contribution in [0, 0.1) is 5.92 Å². The van der Waals surface area contributed by atoms with Gasteiger partial charge in [-0.05, 0) is 17.7 Å². The van der Waals surface area contributed by atoms with Gasteiger partial charge < -0.3 is 19.9 Å². The summed E-state index contributed by atoms with van der Waals surface area (Å²) in [6, 6.07) is 4.68.